The molecule has 0 heterocycles. The van der Waals surface area contributed by atoms with Gasteiger partial charge in [-0.05, 0) is 23.6 Å². The minimum Gasteiger partial charge on any atom is -0.345 e. The summed E-state index contributed by atoms with van der Waals surface area (Å²) in [5, 5.41) is 8.08. The van der Waals surface area contributed by atoms with E-state index in [1.54, 1.807) is 0 Å². The van der Waals surface area contributed by atoms with E-state index in [-0.39, 0.29) is 13.0 Å². The van der Waals surface area contributed by atoms with E-state index in [2.05, 4.69) is 16.0 Å². The Morgan fingerprint density at radius 1 is 0.711 bits per heavy atom. The third kappa shape index (κ3) is 8.11. The molecule has 0 fully saturated rings. The topological polar surface area (TPSA) is 130 Å². The quantitative estimate of drug-likeness (QED) is 0.276. The van der Waals surface area contributed by atoms with Crippen molar-refractivity contribution in [2.24, 2.45) is 5.73 Å². The van der Waals surface area contributed by atoms with Gasteiger partial charge in [-0.15, -0.1) is 0 Å². The predicted molar refractivity (Wildman–Crippen MR) is 146 cm³/mol. The average molecular weight is 515 g/mol. The van der Waals surface area contributed by atoms with Crippen molar-refractivity contribution in [3.8, 4) is 0 Å². The Hall–Kier alpha value is -4.30. The molecule has 198 valence electrons. The maximum Gasteiger partial charge on any atom is 0.289 e. The van der Waals surface area contributed by atoms with Gasteiger partial charge in [-0.25, -0.2) is 0 Å². The third-order valence-corrected chi connectivity index (χ3v) is 6.25. The van der Waals surface area contributed by atoms with Gasteiger partial charge in [-0.1, -0.05) is 97.9 Å². The number of ketones is 1. The molecule has 38 heavy (non-hydrogen) atoms. The first-order valence-corrected chi connectivity index (χ1v) is 12.6. The zero-order valence-electron chi connectivity index (χ0n) is 21.6. The summed E-state index contributed by atoms with van der Waals surface area (Å²) in [7, 11) is 0. The van der Waals surface area contributed by atoms with Crippen molar-refractivity contribution in [1.29, 1.82) is 0 Å². The number of carbonyl (C=O) groups excluding carboxylic acids is 4. The molecule has 3 aromatic rings. The Morgan fingerprint density at radius 2 is 1.24 bits per heavy atom. The molecule has 8 nitrogen and oxygen atoms in total. The maximum atomic E-state index is 13.6. The van der Waals surface area contributed by atoms with Crippen molar-refractivity contribution in [2.45, 2.75) is 50.9 Å². The highest BCUT2D eigenvalue weighted by Gasteiger charge is 2.33. The number of rotatable bonds is 12. The van der Waals surface area contributed by atoms with Crippen molar-refractivity contribution in [1.82, 2.24) is 16.0 Å². The standard InChI is InChI=1S/C30H34N4O4/c1-20(24-16-10-5-11-17-24)26(34-28(36)21(2)31)29(37)33-25(18-22-12-6-3-7-13-22)27(35)30(38)32-19-23-14-8-4-9-15-23/h3-17,20-21,25-26H,18-19,31H2,1-2H3,(H,32,38)(H,33,37)(H,34,36)/t20?,21-,25-,26-/m0/s1. The Labute approximate surface area is 223 Å². The van der Waals surface area contributed by atoms with Crippen molar-refractivity contribution < 1.29 is 19.2 Å². The zero-order chi connectivity index (χ0) is 27.5. The van der Waals surface area contributed by atoms with Gasteiger partial charge in [-0.2, -0.15) is 0 Å². The van der Waals surface area contributed by atoms with Crippen LogP contribution >= 0.6 is 0 Å². The Kier molecular flexibility index (Phi) is 10.3. The highest BCUT2D eigenvalue weighted by molar-refractivity contribution is 6.38. The first kappa shape index (κ1) is 28.3. The molecule has 3 rings (SSSR count). The SMILES string of the molecule is CC(c1ccccc1)[C@H](NC(=O)[C@H](C)N)C(=O)N[C@@H](Cc1ccccc1)C(=O)C(=O)NCc1ccccc1. The van der Waals surface area contributed by atoms with Crippen LogP contribution in [0.3, 0.4) is 0 Å². The lowest BCUT2D eigenvalue weighted by Crippen LogP contribution is -2.57. The highest BCUT2D eigenvalue weighted by atomic mass is 16.2. The minimum atomic E-state index is -1.14. The molecular formula is C30H34N4O4. The van der Waals surface area contributed by atoms with Gasteiger partial charge >= 0.3 is 0 Å². The third-order valence-electron chi connectivity index (χ3n) is 6.25. The van der Waals surface area contributed by atoms with Crippen molar-refractivity contribution in [3.05, 3.63) is 108 Å². The van der Waals surface area contributed by atoms with Gasteiger partial charge < -0.3 is 21.7 Å². The van der Waals surface area contributed by atoms with Crippen LogP contribution in [0.5, 0.6) is 0 Å². The van der Waals surface area contributed by atoms with E-state index in [4.69, 9.17) is 5.73 Å². The number of hydrogen-bond donors (Lipinski definition) is 4. The fourth-order valence-electron chi connectivity index (χ4n) is 4.00. The van der Waals surface area contributed by atoms with Gasteiger partial charge in [0.2, 0.25) is 17.6 Å². The molecular weight excluding hydrogens is 480 g/mol. The van der Waals surface area contributed by atoms with Crippen LogP contribution in [0.1, 0.15) is 36.5 Å². The summed E-state index contributed by atoms with van der Waals surface area (Å²) in [6.07, 6.45) is 0.109. The second-order valence-corrected chi connectivity index (χ2v) is 9.26. The fraction of sp³-hybridized carbons (Fsp3) is 0.267. The zero-order valence-corrected chi connectivity index (χ0v) is 21.6. The molecule has 3 aromatic carbocycles. The minimum absolute atomic E-state index is 0.109. The van der Waals surface area contributed by atoms with E-state index >= 15 is 0 Å². The van der Waals surface area contributed by atoms with Crippen molar-refractivity contribution >= 4 is 23.5 Å². The van der Waals surface area contributed by atoms with Gasteiger partial charge in [0, 0.05) is 18.9 Å². The predicted octanol–water partition coefficient (Wildman–Crippen LogP) is 2.24. The molecule has 0 spiro atoms. The number of hydrogen-bond acceptors (Lipinski definition) is 5. The van der Waals surface area contributed by atoms with Crippen LogP contribution in [0.15, 0.2) is 91.0 Å². The molecule has 5 N–H and O–H groups in total. The number of Topliss-reactive ketones (excluding diaryl/α,β-unsaturated/α-hetero) is 1. The van der Waals surface area contributed by atoms with E-state index in [0.29, 0.717) is 0 Å². The van der Waals surface area contributed by atoms with E-state index < -0.39 is 47.5 Å². The normalized spacial score (nSPS) is 13.9. The first-order valence-electron chi connectivity index (χ1n) is 12.6. The van der Waals surface area contributed by atoms with Gasteiger partial charge in [0.25, 0.3) is 5.91 Å². The van der Waals surface area contributed by atoms with Crippen LogP contribution in [-0.4, -0.2) is 41.6 Å². The second-order valence-electron chi connectivity index (χ2n) is 9.26. The van der Waals surface area contributed by atoms with Gasteiger partial charge in [0.15, 0.2) is 0 Å². The van der Waals surface area contributed by atoms with E-state index in [9.17, 15) is 19.2 Å². The number of benzene rings is 3. The molecule has 0 aliphatic rings. The molecule has 3 amide bonds. The summed E-state index contributed by atoms with van der Waals surface area (Å²) in [5.74, 6) is -3.09. The fourth-order valence-corrected chi connectivity index (χ4v) is 4.00. The lowest BCUT2D eigenvalue weighted by atomic mass is 9.91. The summed E-state index contributed by atoms with van der Waals surface area (Å²) >= 11 is 0. The van der Waals surface area contributed by atoms with Crippen molar-refractivity contribution in [3.63, 3.8) is 0 Å². The van der Waals surface area contributed by atoms with Crippen LogP contribution in [-0.2, 0) is 32.1 Å². The Balaban J connectivity index is 1.82. The molecule has 4 atom stereocenters. The number of amides is 3. The lowest BCUT2D eigenvalue weighted by Gasteiger charge is -2.27. The van der Waals surface area contributed by atoms with Crippen LogP contribution in [0.2, 0.25) is 0 Å². The number of carbonyl (C=O) groups is 4. The summed E-state index contributed by atoms with van der Waals surface area (Å²) in [6, 6.07) is 24.6. The summed E-state index contributed by atoms with van der Waals surface area (Å²) in [5.41, 5.74) is 8.18. The van der Waals surface area contributed by atoms with Crippen molar-refractivity contribution in [2.75, 3.05) is 0 Å². The smallest absolute Gasteiger partial charge is 0.289 e. The van der Waals surface area contributed by atoms with Crippen LogP contribution in [0.25, 0.3) is 0 Å². The van der Waals surface area contributed by atoms with Crippen LogP contribution < -0.4 is 21.7 Å². The van der Waals surface area contributed by atoms with E-state index in [0.717, 1.165) is 16.7 Å². The molecule has 0 aliphatic carbocycles. The number of nitrogens with two attached hydrogens (primary N) is 1. The van der Waals surface area contributed by atoms with E-state index in [1.807, 2.05) is 97.9 Å². The molecule has 0 saturated carbocycles. The highest BCUT2D eigenvalue weighted by Crippen LogP contribution is 2.20. The summed E-state index contributed by atoms with van der Waals surface area (Å²) in [6.45, 7) is 3.51. The molecule has 1 unspecified atom stereocenters. The summed E-state index contributed by atoms with van der Waals surface area (Å²) < 4.78 is 0. The van der Waals surface area contributed by atoms with Gasteiger partial charge in [-0.3, -0.25) is 19.2 Å². The lowest BCUT2D eigenvalue weighted by molar-refractivity contribution is -0.140. The number of nitrogens with one attached hydrogen (secondary N) is 3. The molecule has 0 radical (unpaired) electrons. The van der Waals surface area contributed by atoms with E-state index in [1.165, 1.54) is 6.92 Å². The summed E-state index contributed by atoms with van der Waals surface area (Å²) in [4.78, 5) is 52.1. The van der Waals surface area contributed by atoms with Crippen LogP contribution in [0.4, 0.5) is 0 Å². The van der Waals surface area contributed by atoms with Gasteiger partial charge in [0.1, 0.15) is 12.1 Å². The largest absolute Gasteiger partial charge is 0.345 e. The average Bonchev–Trinajstić information content (AvgIpc) is 2.94. The Bertz CT molecular complexity index is 1220. The Morgan fingerprint density at radius 3 is 1.79 bits per heavy atom. The second kappa shape index (κ2) is 13.9. The monoisotopic (exact) mass is 514 g/mol. The first-order chi connectivity index (χ1) is 18.3. The maximum absolute atomic E-state index is 13.6. The molecule has 8 heteroatoms. The molecule has 0 bridgehead atoms. The van der Waals surface area contributed by atoms with Gasteiger partial charge in [0.05, 0.1) is 6.04 Å². The molecule has 0 aliphatic heterocycles. The van der Waals surface area contributed by atoms with Crippen LogP contribution in [0, 0.1) is 0 Å². The molecule has 0 aromatic heterocycles. The molecule has 0 saturated heterocycles.